The van der Waals surface area contributed by atoms with Crippen LogP contribution in [-0.4, -0.2) is 35.8 Å². The summed E-state index contributed by atoms with van der Waals surface area (Å²) >= 11 is 0. The molecule has 1 aromatic rings. The second kappa shape index (κ2) is 6.61. The molecule has 120 valence electrons. The van der Waals surface area contributed by atoms with E-state index < -0.39 is 6.17 Å². The van der Waals surface area contributed by atoms with Crippen LogP contribution in [0.3, 0.4) is 0 Å². The Morgan fingerprint density at radius 1 is 1.14 bits per heavy atom. The van der Waals surface area contributed by atoms with Crippen molar-refractivity contribution in [2.75, 3.05) is 18.0 Å². The van der Waals surface area contributed by atoms with Gasteiger partial charge < -0.3 is 0 Å². The minimum absolute atomic E-state index is 0.0344. The van der Waals surface area contributed by atoms with E-state index in [4.69, 9.17) is 0 Å². The number of para-hydroxylation sites is 1. The highest BCUT2D eigenvalue weighted by atomic mass is 16.2. The van der Waals surface area contributed by atoms with Crippen LogP contribution < -0.4 is 4.90 Å². The van der Waals surface area contributed by atoms with Crippen LogP contribution in [-0.2, 0) is 4.79 Å². The lowest BCUT2D eigenvalue weighted by Gasteiger charge is -2.35. The Balaban J connectivity index is 2.42. The Bertz CT molecular complexity index is 556. The van der Waals surface area contributed by atoms with Gasteiger partial charge in [-0.1, -0.05) is 39.8 Å². The predicted molar refractivity (Wildman–Crippen MR) is 89.0 cm³/mol. The van der Waals surface area contributed by atoms with Gasteiger partial charge in [0, 0.05) is 25.6 Å². The van der Waals surface area contributed by atoms with E-state index in [0.29, 0.717) is 17.4 Å². The van der Waals surface area contributed by atoms with Crippen LogP contribution in [0.15, 0.2) is 24.3 Å². The quantitative estimate of drug-likeness (QED) is 0.839. The number of carbonyl (C=O) groups excluding carboxylic acids is 2. The molecule has 0 fully saturated rings. The van der Waals surface area contributed by atoms with E-state index in [1.165, 1.54) is 6.92 Å². The van der Waals surface area contributed by atoms with Crippen molar-refractivity contribution >= 4 is 17.4 Å². The standard InChI is InChI=1S/C18H26N2O2/c1-12(2)10-19(11-13(3)4)18-17(22)15-8-6-7-9-16(15)20(18)14(5)21/h6-9,12-13,18H,10-11H2,1-5H3. The second-order valence-corrected chi connectivity index (χ2v) is 6.89. The molecule has 1 heterocycles. The molecule has 4 nitrogen and oxygen atoms in total. The van der Waals surface area contributed by atoms with E-state index in [0.717, 1.165) is 18.8 Å². The van der Waals surface area contributed by atoms with Crippen LogP contribution >= 0.6 is 0 Å². The van der Waals surface area contributed by atoms with Gasteiger partial charge in [-0.3, -0.25) is 19.4 Å². The number of hydrogen-bond acceptors (Lipinski definition) is 3. The lowest BCUT2D eigenvalue weighted by molar-refractivity contribution is -0.117. The van der Waals surface area contributed by atoms with Gasteiger partial charge >= 0.3 is 0 Å². The van der Waals surface area contributed by atoms with Gasteiger partial charge in [-0.25, -0.2) is 0 Å². The van der Waals surface area contributed by atoms with E-state index in [-0.39, 0.29) is 11.7 Å². The first-order valence-electron chi connectivity index (χ1n) is 8.00. The summed E-state index contributed by atoms with van der Waals surface area (Å²) in [5.74, 6) is 0.820. The Kier molecular flexibility index (Phi) is 5.01. The lowest BCUT2D eigenvalue weighted by atomic mass is 10.1. The number of benzene rings is 1. The summed E-state index contributed by atoms with van der Waals surface area (Å²) in [6, 6.07) is 7.40. The Hall–Kier alpha value is -1.68. The summed E-state index contributed by atoms with van der Waals surface area (Å²) in [7, 11) is 0. The maximum atomic E-state index is 12.9. The fourth-order valence-corrected chi connectivity index (χ4v) is 3.16. The number of nitrogens with zero attached hydrogens (tertiary/aromatic N) is 2. The third kappa shape index (κ3) is 3.22. The van der Waals surface area contributed by atoms with E-state index in [1.54, 1.807) is 4.90 Å². The monoisotopic (exact) mass is 302 g/mol. The molecule has 1 aliphatic rings. The summed E-state index contributed by atoms with van der Waals surface area (Å²) in [6.07, 6.45) is -0.500. The number of anilines is 1. The Labute approximate surface area is 133 Å². The smallest absolute Gasteiger partial charge is 0.225 e. The summed E-state index contributed by atoms with van der Waals surface area (Å²) in [4.78, 5) is 28.9. The largest absolute Gasteiger partial charge is 0.290 e. The minimum Gasteiger partial charge on any atom is -0.290 e. The van der Waals surface area contributed by atoms with Crippen molar-refractivity contribution in [3.05, 3.63) is 29.8 Å². The maximum Gasteiger partial charge on any atom is 0.225 e. The highest BCUT2D eigenvalue weighted by Crippen LogP contribution is 2.34. The molecule has 0 aliphatic carbocycles. The number of fused-ring (bicyclic) bond motifs is 1. The molecule has 2 rings (SSSR count). The number of carbonyl (C=O) groups is 2. The van der Waals surface area contributed by atoms with Crippen LogP contribution in [0.5, 0.6) is 0 Å². The van der Waals surface area contributed by atoms with E-state index >= 15 is 0 Å². The molecule has 0 aromatic heterocycles. The van der Waals surface area contributed by atoms with Gasteiger partial charge in [-0.15, -0.1) is 0 Å². The van der Waals surface area contributed by atoms with Gasteiger partial charge in [0.1, 0.15) is 0 Å². The number of Topliss-reactive ketones (excluding diaryl/α,β-unsaturated/α-hetero) is 1. The number of rotatable bonds is 5. The van der Waals surface area contributed by atoms with Gasteiger partial charge in [0.25, 0.3) is 0 Å². The zero-order valence-electron chi connectivity index (χ0n) is 14.2. The molecule has 1 atom stereocenters. The SMILES string of the molecule is CC(=O)N1c2ccccc2C(=O)C1N(CC(C)C)CC(C)C. The average molecular weight is 302 g/mol. The van der Waals surface area contributed by atoms with Gasteiger partial charge in [0.05, 0.1) is 5.69 Å². The van der Waals surface area contributed by atoms with Crippen molar-refractivity contribution < 1.29 is 9.59 Å². The molecule has 1 aliphatic heterocycles. The first kappa shape index (κ1) is 16.7. The number of ketones is 1. The predicted octanol–water partition coefficient (Wildman–Crippen LogP) is 3.18. The summed E-state index contributed by atoms with van der Waals surface area (Å²) in [5.41, 5.74) is 1.39. The normalized spacial score (nSPS) is 17.7. The fourth-order valence-electron chi connectivity index (χ4n) is 3.16. The highest BCUT2D eigenvalue weighted by Gasteiger charge is 2.42. The molecule has 1 unspecified atom stereocenters. The van der Waals surface area contributed by atoms with Crippen LogP contribution in [0.4, 0.5) is 5.69 Å². The van der Waals surface area contributed by atoms with Crippen molar-refractivity contribution in [3.63, 3.8) is 0 Å². The third-order valence-electron chi connectivity index (χ3n) is 3.79. The van der Waals surface area contributed by atoms with Crippen LogP contribution in [0, 0.1) is 11.8 Å². The Morgan fingerprint density at radius 2 is 1.68 bits per heavy atom. The fraction of sp³-hybridized carbons (Fsp3) is 0.556. The molecule has 0 N–H and O–H groups in total. The molecule has 22 heavy (non-hydrogen) atoms. The summed E-state index contributed by atoms with van der Waals surface area (Å²) in [6.45, 7) is 11.7. The topological polar surface area (TPSA) is 40.6 Å². The van der Waals surface area contributed by atoms with Crippen molar-refractivity contribution in [3.8, 4) is 0 Å². The molecular formula is C18H26N2O2. The lowest BCUT2D eigenvalue weighted by Crippen LogP contribution is -2.53. The first-order chi connectivity index (χ1) is 10.3. The molecule has 1 aromatic carbocycles. The summed E-state index contributed by atoms with van der Waals surface area (Å²) < 4.78 is 0. The zero-order chi connectivity index (χ0) is 16.4. The summed E-state index contributed by atoms with van der Waals surface area (Å²) in [5, 5.41) is 0. The number of hydrogen-bond donors (Lipinski definition) is 0. The first-order valence-corrected chi connectivity index (χ1v) is 8.00. The van der Waals surface area contributed by atoms with Crippen LogP contribution in [0.25, 0.3) is 0 Å². The molecule has 1 amide bonds. The maximum absolute atomic E-state index is 12.9. The minimum atomic E-state index is -0.500. The zero-order valence-corrected chi connectivity index (χ0v) is 14.2. The van der Waals surface area contributed by atoms with Crippen LogP contribution in [0.1, 0.15) is 45.0 Å². The second-order valence-electron chi connectivity index (χ2n) is 6.89. The third-order valence-corrected chi connectivity index (χ3v) is 3.79. The molecule has 0 radical (unpaired) electrons. The molecule has 0 spiro atoms. The van der Waals surface area contributed by atoms with Gasteiger partial charge in [0.15, 0.2) is 6.17 Å². The van der Waals surface area contributed by atoms with Crippen molar-refractivity contribution in [1.29, 1.82) is 0 Å². The van der Waals surface area contributed by atoms with Crippen LogP contribution in [0.2, 0.25) is 0 Å². The highest BCUT2D eigenvalue weighted by molar-refractivity contribution is 6.17. The molecule has 4 heteroatoms. The van der Waals surface area contributed by atoms with Gasteiger partial charge in [0.2, 0.25) is 11.7 Å². The van der Waals surface area contributed by atoms with Gasteiger partial charge in [-0.2, -0.15) is 0 Å². The van der Waals surface area contributed by atoms with E-state index in [2.05, 4.69) is 32.6 Å². The molecule has 0 bridgehead atoms. The Morgan fingerprint density at radius 3 is 2.18 bits per heavy atom. The molecular weight excluding hydrogens is 276 g/mol. The van der Waals surface area contributed by atoms with Crippen molar-refractivity contribution in [2.45, 2.75) is 40.8 Å². The number of amides is 1. The van der Waals surface area contributed by atoms with Crippen molar-refractivity contribution in [1.82, 2.24) is 4.90 Å². The van der Waals surface area contributed by atoms with Crippen molar-refractivity contribution in [2.24, 2.45) is 11.8 Å². The average Bonchev–Trinajstić information content (AvgIpc) is 2.71. The van der Waals surface area contributed by atoms with Gasteiger partial charge in [-0.05, 0) is 24.0 Å². The van der Waals surface area contributed by atoms with E-state index in [9.17, 15) is 9.59 Å². The molecule has 0 saturated carbocycles. The van der Waals surface area contributed by atoms with E-state index in [1.807, 2.05) is 24.3 Å². The molecule has 0 saturated heterocycles.